The summed E-state index contributed by atoms with van der Waals surface area (Å²) >= 11 is 5.66. The molecule has 7 nitrogen and oxygen atoms in total. The molecule has 0 bridgehead atoms. The molecule has 1 saturated carbocycles. The van der Waals surface area contributed by atoms with E-state index >= 15 is 0 Å². The topological polar surface area (TPSA) is 96.2 Å². The third-order valence-corrected chi connectivity index (χ3v) is 5.67. The molecular formula is C19H33N5O2S. The van der Waals surface area contributed by atoms with Gasteiger partial charge in [0.15, 0.2) is 10.8 Å². The van der Waals surface area contributed by atoms with Crippen LogP contribution in [0.25, 0.3) is 0 Å². The van der Waals surface area contributed by atoms with Gasteiger partial charge in [0.05, 0.1) is 0 Å². The van der Waals surface area contributed by atoms with Gasteiger partial charge in [-0.3, -0.25) is 14.3 Å². The number of rotatable bonds is 7. The van der Waals surface area contributed by atoms with Crippen molar-refractivity contribution in [2.75, 3.05) is 17.2 Å². The molecule has 0 saturated heterocycles. The van der Waals surface area contributed by atoms with Crippen molar-refractivity contribution in [3.8, 4) is 0 Å². The van der Waals surface area contributed by atoms with Crippen LogP contribution in [0.5, 0.6) is 0 Å². The smallest absolute Gasteiger partial charge is 0.330 e. The van der Waals surface area contributed by atoms with Crippen molar-refractivity contribution in [3.05, 3.63) is 20.8 Å². The molecule has 0 radical (unpaired) electrons. The lowest BCUT2D eigenvalue weighted by molar-refractivity contribution is 0.309. The maximum atomic E-state index is 12.6. The fourth-order valence-corrected chi connectivity index (χ4v) is 4.02. The predicted octanol–water partition coefficient (Wildman–Crippen LogP) is 2.59. The van der Waals surface area contributed by atoms with Crippen molar-refractivity contribution in [1.29, 1.82) is 0 Å². The van der Waals surface area contributed by atoms with Crippen molar-refractivity contribution in [2.45, 2.75) is 78.3 Å². The second-order valence-corrected chi connectivity index (χ2v) is 7.85. The molecule has 1 heterocycles. The molecule has 0 aromatic carbocycles. The number of H-pyrrole nitrogens is 1. The summed E-state index contributed by atoms with van der Waals surface area (Å²) in [6.45, 7) is 7.34. The van der Waals surface area contributed by atoms with Crippen LogP contribution >= 0.6 is 12.2 Å². The molecule has 2 atom stereocenters. The second-order valence-electron chi connectivity index (χ2n) is 7.47. The minimum Gasteiger partial charge on any atom is -0.383 e. The minimum absolute atomic E-state index is 0.187. The molecular weight excluding hydrogens is 362 g/mol. The van der Waals surface area contributed by atoms with E-state index in [-0.39, 0.29) is 11.5 Å². The number of nitrogens with two attached hydrogens (primary N) is 1. The van der Waals surface area contributed by atoms with Crippen molar-refractivity contribution in [2.24, 2.45) is 5.92 Å². The third kappa shape index (κ3) is 5.12. The van der Waals surface area contributed by atoms with Crippen molar-refractivity contribution >= 4 is 28.8 Å². The molecule has 1 aliphatic rings. The van der Waals surface area contributed by atoms with E-state index in [1.165, 1.54) is 23.8 Å². The van der Waals surface area contributed by atoms with Gasteiger partial charge in [-0.15, -0.1) is 0 Å². The minimum atomic E-state index is -0.487. The van der Waals surface area contributed by atoms with Crippen LogP contribution in [0.15, 0.2) is 9.59 Å². The summed E-state index contributed by atoms with van der Waals surface area (Å²) in [5, 5.41) is 3.95. The Labute approximate surface area is 166 Å². The predicted molar refractivity (Wildman–Crippen MR) is 115 cm³/mol. The second kappa shape index (κ2) is 9.92. The van der Waals surface area contributed by atoms with Crippen LogP contribution in [-0.4, -0.2) is 27.3 Å². The van der Waals surface area contributed by atoms with Crippen LogP contribution in [0.2, 0.25) is 0 Å². The standard InChI is InChI=1S/C19H33N5O2S/c1-4-6-12-24-16(20)15(17(25)22-18(24)26)23(11-5-2)19(27)21-14-10-8-7-9-13(14)3/h13-14H,4-12,20H2,1-3H3,(H,21,27)(H,22,25,26)/t13-,14+/m0/s1. The fourth-order valence-electron chi connectivity index (χ4n) is 3.68. The van der Waals surface area contributed by atoms with Crippen LogP contribution in [0.3, 0.4) is 0 Å². The van der Waals surface area contributed by atoms with Gasteiger partial charge in [0.1, 0.15) is 5.82 Å². The normalized spacial score (nSPS) is 19.7. The Morgan fingerprint density at radius 1 is 1.30 bits per heavy atom. The SMILES string of the molecule is CCCCn1c(N)c(N(CCC)C(=S)N[C@@H]2CCCC[C@@H]2C)c(=O)[nH]c1=O. The Kier molecular flexibility index (Phi) is 7.89. The van der Waals surface area contributed by atoms with E-state index in [0.29, 0.717) is 30.2 Å². The van der Waals surface area contributed by atoms with Crippen LogP contribution in [-0.2, 0) is 6.54 Å². The van der Waals surface area contributed by atoms with Gasteiger partial charge in [0.25, 0.3) is 5.56 Å². The van der Waals surface area contributed by atoms with Gasteiger partial charge in [-0.25, -0.2) is 4.79 Å². The Bertz CT molecular complexity index is 757. The maximum Gasteiger partial charge on any atom is 0.330 e. The Morgan fingerprint density at radius 3 is 2.63 bits per heavy atom. The summed E-state index contributed by atoms with van der Waals surface area (Å²) in [4.78, 5) is 28.9. The molecule has 27 heavy (non-hydrogen) atoms. The largest absolute Gasteiger partial charge is 0.383 e. The lowest BCUT2D eigenvalue weighted by Crippen LogP contribution is -2.50. The zero-order chi connectivity index (χ0) is 20.0. The molecule has 4 N–H and O–H groups in total. The lowest BCUT2D eigenvalue weighted by atomic mass is 9.86. The van der Waals surface area contributed by atoms with E-state index in [9.17, 15) is 9.59 Å². The van der Waals surface area contributed by atoms with Crippen LogP contribution < -0.4 is 27.2 Å². The summed E-state index contributed by atoms with van der Waals surface area (Å²) < 4.78 is 1.44. The van der Waals surface area contributed by atoms with Crippen molar-refractivity contribution < 1.29 is 0 Å². The van der Waals surface area contributed by atoms with Crippen molar-refractivity contribution in [3.63, 3.8) is 0 Å². The molecule has 1 aromatic rings. The molecule has 2 rings (SSSR count). The molecule has 0 spiro atoms. The molecule has 1 aromatic heterocycles. The quantitative estimate of drug-likeness (QED) is 0.614. The number of nitrogens with zero attached hydrogens (tertiary/aromatic N) is 2. The number of thiocarbonyl (C=S) groups is 1. The Morgan fingerprint density at radius 2 is 2.00 bits per heavy atom. The van der Waals surface area contributed by atoms with E-state index in [2.05, 4.69) is 17.2 Å². The average molecular weight is 396 g/mol. The number of hydrogen-bond acceptors (Lipinski definition) is 4. The van der Waals surface area contributed by atoms with Crippen LogP contribution in [0.1, 0.15) is 65.7 Å². The number of unbranched alkanes of at least 4 members (excludes halogenated alkanes) is 1. The lowest BCUT2D eigenvalue weighted by Gasteiger charge is -2.34. The number of aromatic nitrogens is 2. The maximum absolute atomic E-state index is 12.6. The summed E-state index contributed by atoms with van der Waals surface area (Å²) in [6, 6.07) is 0.303. The Hall–Kier alpha value is -1.83. The number of hydrogen-bond donors (Lipinski definition) is 3. The monoisotopic (exact) mass is 395 g/mol. The number of aromatic amines is 1. The van der Waals surface area contributed by atoms with E-state index in [1.807, 2.05) is 13.8 Å². The van der Waals surface area contributed by atoms with Crippen LogP contribution in [0.4, 0.5) is 11.5 Å². The first-order chi connectivity index (χ1) is 12.9. The highest BCUT2D eigenvalue weighted by Gasteiger charge is 2.26. The number of anilines is 2. The van der Waals surface area contributed by atoms with E-state index in [0.717, 1.165) is 25.7 Å². The number of nitrogen functional groups attached to an aromatic ring is 1. The molecule has 0 unspecified atom stereocenters. The average Bonchev–Trinajstić information content (AvgIpc) is 2.62. The first kappa shape index (κ1) is 21.5. The van der Waals surface area contributed by atoms with Gasteiger partial charge in [-0.1, -0.05) is 40.0 Å². The van der Waals surface area contributed by atoms with Gasteiger partial charge in [-0.2, -0.15) is 0 Å². The molecule has 0 aliphatic heterocycles. The zero-order valence-electron chi connectivity index (χ0n) is 16.7. The molecule has 8 heteroatoms. The fraction of sp³-hybridized carbons (Fsp3) is 0.737. The first-order valence-corrected chi connectivity index (χ1v) is 10.5. The van der Waals surface area contributed by atoms with E-state index in [4.69, 9.17) is 18.0 Å². The summed E-state index contributed by atoms with van der Waals surface area (Å²) in [7, 11) is 0. The molecule has 1 fully saturated rings. The molecule has 152 valence electrons. The van der Waals surface area contributed by atoms with Gasteiger partial charge < -0.3 is 16.0 Å². The third-order valence-electron chi connectivity index (χ3n) is 5.33. The van der Waals surface area contributed by atoms with E-state index in [1.54, 1.807) is 4.90 Å². The first-order valence-electron chi connectivity index (χ1n) is 10.1. The summed E-state index contributed by atoms with van der Waals surface area (Å²) in [5.74, 6) is 0.723. The number of nitrogens with one attached hydrogen (secondary N) is 2. The highest BCUT2D eigenvalue weighted by Crippen LogP contribution is 2.25. The highest BCUT2D eigenvalue weighted by molar-refractivity contribution is 7.80. The molecule has 0 amide bonds. The Balaban J connectivity index is 2.36. The summed E-state index contributed by atoms with van der Waals surface area (Å²) in [5.41, 5.74) is 5.59. The van der Waals surface area contributed by atoms with Gasteiger partial charge in [0.2, 0.25) is 0 Å². The highest BCUT2D eigenvalue weighted by atomic mass is 32.1. The zero-order valence-corrected chi connectivity index (χ0v) is 17.5. The molecule has 1 aliphatic carbocycles. The van der Waals surface area contributed by atoms with Crippen LogP contribution in [0, 0.1) is 5.92 Å². The van der Waals surface area contributed by atoms with Gasteiger partial charge in [0, 0.05) is 19.1 Å². The summed E-state index contributed by atoms with van der Waals surface area (Å²) in [6.07, 6.45) is 7.23. The van der Waals surface area contributed by atoms with E-state index < -0.39 is 11.2 Å². The van der Waals surface area contributed by atoms with Gasteiger partial charge in [-0.05, 0) is 43.8 Å². The van der Waals surface area contributed by atoms with Crippen molar-refractivity contribution in [1.82, 2.24) is 14.9 Å². The van der Waals surface area contributed by atoms with Gasteiger partial charge >= 0.3 is 5.69 Å².